The molecule has 0 aromatic heterocycles. The van der Waals surface area contributed by atoms with E-state index in [1.807, 2.05) is 18.2 Å². The van der Waals surface area contributed by atoms with Crippen molar-refractivity contribution in [2.75, 3.05) is 40.5 Å². The van der Waals surface area contributed by atoms with Gasteiger partial charge in [-0.05, 0) is 49.8 Å². The van der Waals surface area contributed by atoms with E-state index in [1.165, 1.54) is 19.3 Å². The van der Waals surface area contributed by atoms with Crippen LogP contribution < -0.4 is 10.1 Å². The van der Waals surface area contributed by atoms with E-state index >= 15 is 0 Å². The number of aliphatic imine (C=N–C) groups is 1. The highest BCUT2D eigenvalue weighted by Crippen LogP contribution is 2.18. The average Bonchev–Trinajstić information content (AvgIpc) is 2.64. The SMILES string of the molecule is CCNC(=NCc1cccc(OC)c1)N(C)CCC1CCOCC1.I. The fourth-order valence-corrected chi connectivity index (χ4v) is 2.92. The summed E-state index contributed by atoms with van der Waals surface area (Å²) in [6.07, 6.45) is 3.57. The Morgan fingerprint density at radius 2 is 2.12 bits per heavy atom. The monoisotopic (exact) mass is 461 g/mol. The molecule has 0 bridgehead atoms. The number of ether oxygens (including phenoxy) is 2. The molecule has 1 aromatic carbocycles. The van der Waals surface area contributed by atoms with Gasteiger partial charge in [-0.2, -0.15) is 0 Å². The van der Waals surface area contributed by atoms with Crippen molar-refractivity contribution in [2.45, 2.75) is 32.7 Å². The molecule has 0 unspecified atom stereocenters. The number of hydrogen-bond donors (Lipinski definition) is 1. The van der Waals surface area contributed by atoms with E-state index in [0.29, 0.717) is 6.54 Å². The fourth-order valence-electron chi connectivity index (χ4n) is 2.92. The highest BCUT2D eigenvalue weighted by molar-refractivity contribution is 14.0. The molecule has 1 saturated heterocycles. The minimum Gasteiger partial charge on any atom is -0.497 e. The molecule has 0 spiro atoms. The third kappa shape index (κ3) is 7.81. The van der Waals surface area contributed by atoms with E-state index in [9.17, 15) is 0 Å². The Kier molecular flexibility index (Phi) is 10.9. The second-order valence-electron chi connectivity index (χ2n) is 6.29. The second kappa shape index (κ2) is 12.4. The summed E-state index contributed by atoms with van der Waals surface area (Å²) in [6, 6.07) is 8.08. The summed E-state index contributed by atoms with van der Waals surface area (Å²) in [6.45, 7) is 6.48. The number of rotatable bonds is 7. The van der Waals surface area contributed by atoms with Crippen molar-refractivity contribution in [3.8, 4) is 5.75 Å². The summed E-state index contributed by atoms with van der Waals surface area (Å²) in [7, 11) is 3.81. The van der Waals surface area contributed by atoms with E-state index in [0.717, 1.165) is 49.5 Å². The number of halogens is 1. The average molecular weight is 461 g/mol. The fraction of sp³-hybridized carbons (Fsp3) is 0.632. The van der Waals surface area contributed by atoms with Gasteiger partial charge in [0.15, 0.2) is 5.96 Å². The van der Waals surface area contributed by atoms with Gasteiger partial charge in [-0.25, -0.2) is 4.99 Å². The second-order valence-corrected chi connectivity index (χ2v) is 6.29. The molecule has 1 heterocycles. The van der Waals surface area contributed by atoms with Gasteiger partial charge in [-0.3, -0.25) is 0 Å². The topological polar surface area (TPSA) is 46.1 Å². The van der Waals surface area contributed by atoms with Crippen LogP contribution in [-0.4, -0.2) is 51.3 Å². The van der Waals surface area contributed by atoms with Crippen LogP contribution in [0.3, 0.4) is 0 Å². The Hall–Kier alpha value is -1.02. The molecule has 1 aliphatic heterocycles. The largest absolute Gasteiger partial charge is 0.497 e. The van der Waals surface area contributed by atoms with Gasteiger partial charge in [0.25, 0.3) is 0 Å². The molecular formula is C19H32IN3O2. The lowest BCUT2D eigenvalue weighted by Gasteiger charge is -2.26. The van der Waals surface area contributed by atoms with Gasteiger partial charge in [0, 0.05) is 33.4 Å². The van der Waals surface area contributed by atoms with Crippen molar-refractivity contribution in [3.05, 3.63) is 29.8 Å². The quantitative estimate of drug-likeness (QED) is 0.384. The highest BCUT2D eigenvalue weighted by atomic mass is 127. The zero-order valence-electron chi connectivity index (χ0n) is 15.7. The summed E-state index contributed by atoms with van der Waals surface area (Å²) < 4.78 is 10.7. The Bertz CT molecular complexity index is 519. The predicted octanol–water partition coefficient (Wildman–Crippen LogP) is 3.53. The van der Waals surface area contributed by atoms with E-state index in [4.69, 9.17) is 14.5 Å². The molecule has 2 rings (SSSR count). The first-order chi connectivity index (χ1) is 11.7. The number of guanidine groups is 1. The zero-order valence-corrected chi connectivity index (χ0v) is 18.0. The van der Waals surface area contributed by atoms with Crippen molar-refractivity contribution >= 4 is 29.9 Å². The third-order valence-corrected chi connectivity index (χ3v) is 4.46. The molecule has 0 amide bonds. The van der Waals surface area contributed by atoms with Crippen LogP contribution in [0.1, 0.15) is 31.7 Å². The minimum atomic E-state index is 0. The van der Waals surface area contributed by atoms with Gasteiger partial charge >= 0.3 is 0 Å². The minimum absolute atomic E-state index is 0. The van der Waals surface area contributed by atoms with Crippen LogP contribution in [0, 0.1) is 5.92 Å². The molecule has 1 fully saturated rings. The first-order valence-corrected chi connectivity index (χ1v) is 8.93. The Morgan fingerprint density at radius 1 is 1.36 bits per heavy atom. The standard InChI is InChI=1S/C19H31N3O2.HI/c1-4-20-19(21-15-17-6-5-7-18(14-17)23-3)22(2)11-8-16-9-12-24-13-10-16;/h5-7,14,16H,4,8-13,15H2,1-3H3,(H,20,21);1H. The van der Waals surface area contributed by atoms with E-state index < -0.39 is 0 Å². The summed E-state index contributed by atoms with van der Waals surface area (Å²) >= 11 is 0. The smallest absolute Gasteiger partial charge is 0.193 e. The van der Waals surface area contributed by atoms with E-state index in [-0.39, 0.29) is 24.0 Å². The highest BCUT2D eigenvalue weighted by Gasteiger charge is 2.15. The zero-order chi connectivity index (χ0) is 17.2. The van der Waals surface area contributed by atoms with E-state index in [1.54, 1.807) is 7.11 Å². The lowest BCUT2D eigenvalue weighted by atomic mass is 9.96. The lowest BCUT2D eigenvalue weighted by Crippen LogP contribution is -2.40. The van der Waals surface area contributed by atoms with Crippen LogP contribution in [-0.2, 0) is 11.3 Å². The van der Waals surface area contributed by atoms with Crippen LogP contribution in [0.5, 0.6) is 5.75 Å². The van der Waals surface area contributed by atoms with Crippen LogP contribution in [0.25, 0.3) is 0 Å². The van der Waals surface area contributed by atoms with Crippen molar-refractivity contribution in [2.24, 2.45) is 10.9 Å². The van der Waals surface area contributed by atoms with Crippen LogP contribution >= 0.6 is 24.0 Å². The maximum atomic E-state index is 5.44. The molecule has 0 aliphatic carbocycles. The molecule has 1 aliphatic rings. The van der Waals surface area contributed by atoms with Crippen LogP contribution in [0.2, 0.25) is 0 Å². The number of nitrogens with one attached hydrogen (secondary N) is 1. The van der Waals surface area contributed by atoms with Gasteiger partial charge in [0.05, 0.1) is 13.7 Å². The predicted molar refractivity (Wildman–Crippen MR) is 114 cm³/mol. The number of nitrogens with zero attached hydrogens (tertiary/aromatic N) is 2. The molecule has 6 heteroatoms. The number of hydrogen-bond acceptors (Lipinski definition) is 3. The molecule has 1 aromatic rings. The molecule has 142 valence electrons. The molecule has 5 nitrogen and oxygen atoms in total. The number of methoxy groups -OCH3 is 1. The molecule has 25 heavy (non-hydrogen) atoms. The van der Waals surface area contributed by atoms with Gasteiger partial charge in [0.2, 0.25) is 0 Å². The maximum Gasteiger partial charge on any atom is 0.193 e. The Labute approximate surface area is 169 Å². The van der Waals surface area contributed by atoms with Gasteiger partial charge in [0.1, 0.15) is 5.75 Å². The van der Waals surface area contributed by atoms with Crippen molar-refractivity contribution in [1.29, 1.82) is 0 Å². The Balaban J connectivity index is 0.00000312. The third-order valence-electron chi connectivity index (χ3n) is 4.46. The van der Waals surface area contributed by atoms with Crippen molar-refractivity contribution in [1.82, 2.24) is 10.2 Å². The Morgan fingerprint density at radius 3 is 2.80 bits per heavy atom. The maximum absolute atomic E-state index is 5.44. The van der Waals surface area contributed by atoms with Crippen LogP contribution in [0.15, 0.2) is 29.3 Å². The summed E-state index contributed by atoms with van der Waals surface area (Å²) in [4.78, 5) is 7.01. The summed E-state index contributed by atoms with van der Waals surface area (Å²) in [5, 5.41) is 3.39. The first kappa shape index (κ1) is 22.0. The van der Waals surface area contributed by atoms with Crippen LogP contribution in [0.4, 0.5) is 0 Å². The molecule has 0 atom stereocenters. The van der Waals surface area contributed by atoms with Crippen molar-refractivity contribution < 1.29 is 9.47 Å². The van der Waals surface area contributed by atoms with Gasteiger partial charge in [-0.15, -0.1) is 24.0 Å². The molecule has 1 N–H and O–H groups in total. The summed E-state index contributed by atoms with van der Waals surface area (Å²) in [5.41, 5.74) is 1.16. The lowest BCUT2D eigenvalue weighted by molar-refractivity contribution is 0.0625. The number of benzene rings is 1. The molecular weight excluding hydrogens is 429 g/mol. The first-order valence-electron chi connectivity index (χ1n) is 8.93. The normalized spacial score (nSPS) is 15.4. The van der Waals surface area contributed by atoms with Gasteiger partial charge in [-0.1, -0.05) is 12.1 Å². The summed E-state index contributed by atoms with van der Waals surface area (Å²) in [5.74, 6) is 2.62. The molecule has 0 radical (unpaired) electrons. The van der Waals surface area contributed by atoms with Crippen molar-refractivity contribution in [3.63, 3.8) is 0 Å². The van der Waals surface area contributed by atoms with E-state index in [2.05, 4.69) is 30.3 Å². The van der Waals surface area contributed by atoms with Gasteiger partial charge < -0.3 is 19.7 Å². The molecule has 0 saturated carbocycles.